The van der Waals surface area contributed by atoms with Gasteiger partial charge in [-0.3, -0.25) is 9.59 Å². The normalized spacial score (nSPS) is 10.8. The van der Waals surface area contributed by atoms with Crippen LogP contribution in [0.3, 0.4) is 0 Å². The summed E-state index contributed by atoms with van der Waals surface area (Å²) in [7, 11) is 0. The highest BCUT2D eigenvalue weighted by Crippen LogP contribution is 2.17. The molecule has 0 aliphatic carbocycles. The number of carbonyl (C=O) groups is 2. The molecule has 0 aliphatic rings. The number of amides is 2. The van der Waals surface area contributed by atoms with Gasteiger partial charge in [0.25, 0.3) is 0 Å². The largest absolute Gasteiger partial charge is 0.356 e. The summed E-state index contributed by atoms with van der Waals surface area (Å²) in [6, 6.07) is 7.84. The monoisotopic (exact) mass is 344 g/mol. The number of nitrogens with one attached hydrogen (secondary N) is 1. The lowest BCUT2D eigenvalue weighted by Crippen LogP contribution is -2.35. The Morgan fingerprint density at radius 3 is 2.48 bits per heavy atom. The van der Waals surface area contributed by atoms with E-state index in [1.807, 2.05) is 33.7 Å². The summed E-state index contributed by atoms with van der Waals surface area (Å²) >= 11 is 0. The molecule has 2 aromatic rings. The predicted molar refractivity (Wildman–Crippen MR) is 99.3 cm³/mol. The van der Waals surface area contributed by atoms with Gasteiger partial charge in [0.2, 0.25) is 11.8 Å². The molecule has 2 amide bonds. The number of imidazole rings is 1. The lowest BCUT2D eigenvalue weighted by Gasteiger charge is -2.22. The van der Waals surface area contributed by atoms with Gasteiger partial charge in [0.05, 0.1) is 11.0 Å². The van der Waals surface area contributed by atoms with E-state index in [0.717, 1.165) is 42.8 Å². The summed E-state index contributed by atoms with van der Waals surface area (Å²) in [6.45, 7) is 8.03. The van der Waals surface area contributed by atoms with Crippen LogP contribution in [0.5, 0.6) is 0 Å². The van der Waals surface area contributed by atoms with Gasteiger partial charge in [-0.1, -0.05) is 26.0 Å². The molecule has 0 saturated heterocycles. The number of carbonyl (C=O) groups excluding carboxylic acids is 2. The van der Waals surface area contributed by atoms with Gasteiger partial charge in [0.15, 0.2) is 0 Å². The van der Waals surface area contributed by atoms with Crippen LogP contribution in [0.1, 0.15) is 39.4 Å². The third kappa shape index (κ3) is 5.05. The zero-order valence-corrected chi connectivity index (χ0v) is 15.4. The van der Waals surface area contributed by atoms with E-state index < -0.39 is 0 Å². The predicted octanol–water partition coefficient (Wildman–Crippen LogP) is 2.36. The average molecular weight is 344 g/mol. The Kier molecular flexibility index (Phi) is 6.98. The second-order valence-electron chi connectivity index (χ2n) is 6.22. The van der Waals surface area contributed by atoms with Gasteiger partial charge >= 0.3 is 0 Å². The lowest BCUT2D eigenvalue weighted by atomic mass is 10.3. The van der Waals surface area contributed by atoms with Crippen molar-refractivity contribution in [2.45, 2.75) is 46.6 Å². The molecular formula is C19H28N4O2. The maximum absolute atomic E-state index is 12.8. The highest BCUT2D eigenvalue weighted by molar-refractivity contribution is 5.81. The zero-order valence-electron chi connectivity index (χ0n) is 15.4. The van der Waals surface area contributed by atoms with Gasteiger partial charge in [-0.05, 0) is 25.0 Å². The van der Waals surface area contributed by atoms with Crippen molar-refractivity contribution in [1.82, 2.24) is 19.8 Å². The van der Waals surface area contributed by atoms with E-state index >= 15 is 0 Å². The zero-order chi connectivity index (χ0) is 18.2. The first kappa shape index (κ1) is 19.0. The van der Waals surface area contributed by atoms with Crippen molar-refractivity contribution in [2.75, 3.05) is 19.6 Å². The molecule has 0 aliphatic heterocycles. The lowest BCUT2D eigenvalue weighted by molar-refractivity contribution is -0.132. The number of hydrogen-bond acceptors (Lipinski definition) is 3. The fourth-order valence-corrected chi connectivity index (χ4v) is 2.98. The Morgan fingerprint density at radius 2 is 1.84 bits per heavy atom. The Balaban J connectivity index is 2.24. The van der Waals surface area contributed by atoms with Crippen LogP contribution in [0, 0.1) is 0 Å². The molecule has 1 aromatic heterocycles. The van der Waals surface area contributed by atoms with E-state index in [2.05, 4.69) is 24.1 Å². The molecule has 1 heterocycles. The Morgan fingerprint density at radius 1 is 1.16 bits per heavy atom. The Bertz CT molecular complexity index is 717. The molecule has 2 rings (SSSR count). The summed E-state index contributed by atoms with van der Waals surface area (Å²) in [4.78, 5) is 30.5. The van der Waals surface area contributed by atoms with Crippen molar-refractivity contribution in [2.24, 2.45) is 0 Å². The standard InChI is InChI=1S/C19H28N4O2/c1-4-12-22(13-5-2)19(25)14-23-17-9-7-6-8-16(17)21-18(23)10-11-20-15(3)24/h6-9H,4-5,10-14H2,1-3H3,(H,20,24). The second kappa shape index (κ2) is 9.20. The van der Waals surface area contributed by atoms with Crippen LogP contribution in [0.4, 0.5) is 0 Å². The van der Waals surface area contributed by atoms with E-state index in [1.165, 1.54) is 6.92 Å². The first-order chi connectivity index (χ1) is 12.1. The smallest absolute Gasteiger partial charge is 0.242 e. The van der Waals surface area contributed by atoms with E-state index in [1.54, 1.807) is 0 Å². The number of aromatic nitrogens is 2. The minimum absolute atomic E-state index is 0.0594. The number of para-hydroxylation sites is 2. The number of rotatable bonds is 9. The fraction of sp³-hybridized carbons (Fsp3) is 0.526. The molecule has 136 valence electrons. The summed E-state index contributed by atoms with van der Waals surface area (Å²) in [6.07, 6.45) is 2.50. The third-order valence-corrected chi connectivity index (χ3v) is 4.09. The first-order valence-corrected chi connectivity index (χ1v) is 9.03. The first-order valence-electron chi connectivity index (χ1n) is 9.03. The molecule has 6 nitrogen and oxygen atoms in total. The Labute approximate surface area is 149 Å². The highest BCUT2D eigenvalue weighted by atomic mass is 16.2. The summed E-state index contributed by atoms with van der Waals surface area (Å²) in [5.41, 5.74) is 1.84. The number of nitrogens with zero attached hydrogens (tertiary/aromatic N) is 3. The van der Waals surface area contributed by atoms with E-state index in [0.29, 0.717) is 13.0 Å². The van der Waals surface area contributed by atoms with Gasteiger partial charge in [-0.15, -0.1) is 0 Å². The van der Waals surface area contributed by atoms with E-state index in [-0.39, 0.29) is 18.4 Å². The van der Waals surface area contributed by atoms with Crippen LogP contribution in [-0.4, -0.2) is 45.9 Å². The van der Waals surface area contributed by atoms with Crippen molar-refractivity contribution in [1.29, 1.82) is 0 Å². The third-order valence-electron chi connectivity index (χ3n) is 4.09. The van der Waals surface area contributed by atoms with E-state index in [9.17, 15) is 9.59 Å². The molecule has 0 bridgehead atoms. The van der Waals surface area contributed by atoms with Crippen molar-refractivity contribution >= 4 is 22.8 Å². The molecule has 0 saturated carbocycles. The minimum Gasteiger partial charge on any atom is -0.356 e. The van der Waals surface area contributed by atoms with Crippen LogP contribution in [0.15, 0.2) is 24.3 Å². The molecule has 0 spiro atoms. The summed E-state index contributed by atoms with van der Waals surface area (Å²) in [5, 5.41) is 2.79. The van der Waals surface area contributed by atoms with Crippen LogP contribution in [0.25, 0.3) is 11.0 Å². The minimum atomic E-state index is -0.0594. The van der Waals surface area contributed by atoms with Crippen molar-refractivity contribution in [3.63, 3.8) is 0 Å². The van der Waals surface area contributed by atoms with Crippen molar-refractivity contribution in [3.8, 4) is 0 Å². The summed E-state index contributed by atoms with van der Waals surface area (Å²) < 4.78 is 1.98. The van der Waals surface area contributed by atoms with Crippen LogP contribution < -0.4 is 5.32 Å². The number of hydrogen-bond donors (Lipinski definition) is 1. The maximum atomic E-state index is 12.8. The van der Waals surface area contributed by atoms with Gasteiger partial charge in [0.1, 0.15) is 12.4 Å². The number of fused-ring (bicyclic) bond motifs is 1. The molecule has 25 heavy (non-hydrogen) atoms. The van der Waals surface area contributed by atoms with Crippen LogP contribution in [-0.2, 0) is 22.6 Å². The molecule has 1 N–H and O–H groups in total. The van der Waals surface area contributed by atoms with Crippen molar-refractivity contribution < 1.29 is 9.59 Å². The topological polar surface area (TPSA) is 67.2 Å². The molecular weight excluding hydrogens is 316 g/mol. The molecule has 0 atom stereocenters. The van der Waals surface area contributed by atoms with Crippen molar-refractivity contribution in [3.05, 3.63) is 30.1 Å². The highest BCUT2D eigenvalue weighted by Gasteiger charge is 2.17. The van der Waals surface area contributed by atoms with Gasteiger partial charge < -0.3 is 14.8 Å². The molecule has 0 fully saturated rings. The molecule has 6 heteroatoms. The number of benzene rings is 1. The second-order valence-corrected chi connectivity index (χ2v) is 6.22. The van der Waals surface area contributed by atoms with Crippen LogP contribution >= 0.6 is 0 Å². The maximum Gasteiger partial charge on any atom is 0.242 e. The average Bonchev–Trinajstić information content (AvgIpc) is 2.92. The van der Waals surface area contributed by atoms with Crippen LogP contribution in [0.2, 0.25) is 0 Å². The van der Waals surface area contributed by atoms with Gasteiger partial charge in [-0.25, -0.2) is 4.98 Å². The molecule has 1 aromatic carbocycles. The molecule has 0 unspecified atom stereocenters. The Hall–Kier alpha value is -2.37. The fourth-order valence-electron chi connectivity index (χ4n) is 2.98. The van der Waals surface area contributed by atoms with E-state index in [4.69, 9.17) is 0 Å². The quantitative estimate of drug-likeness (QED) is 0.759. The SMILES string of the molecule is CCCN(CCC)C(=O)Cn1c(CCNC(C)=O)nc2ccccc21. The summed E-state index contributed by atoms with van der Waals surface area (Å²) in [5.74, 6) is 0.889. The van der Waals surface area contributed by atoms with Gasteiger partial charge in [-0.2, -0.15) is 0 Å². The van der Waals surface area contributed by atoms with Gasteiger partial charge in [0, 0.05) is 33.0 Å². The molecule has 0 radical (unpaired) electrons.